The molecular weight excluding hydrogens is 251 g/mol. The van der Waals surface area contributed by atoms with Gasteiger partial charge >= 0.3 is 0 Å². The number of halogens is 1. The molecule has 0 aliphatic heterocycles. The topological polar surface area (TPSA) is 38.0 Å². The minimum absolute atomic E-state index is 0.0400. The van der Waals surface area contributed by atoms with Gasteiger partial charge in [0, 0.05) is 17.8 Å². The zero-order chi connectivity index (χ0) is 14.1. The minimum atomic E-state index is -0.190. The smallest absolute Gasteiger partial charge is 0.125 e. The average Bonchev–Trinajstić information content (AvgIpc) is 2.91. The largest absolute Gasteiger partial charge is 0.378 e. The third-order valence-electron chi connectivity index (χ3n) is 5.56. The highest BCUT2D eigenvalue weighted by atomic mass is 19.1. The van der Waals surface area contributed by atoms with E-state index < -0.39 is 0 Å². The Morgan fingerprint density at radius 2 is 1.75 bits per heavy atom. The molecule has 3 N–H and O–H groups in total. The number of hydrogen-bond acceptors (Lipinski definition) is 2. The van der Waals surface area contributed by atoms with Gasteiger partial charge in [0.25, 0.3) is 0 Å². The third-order valence-corrected chi connectivity index (χ3v) is 5.56. The average molecular weight is 276 g/mol. The molecule has 2 aliphatic rings. The van der Waals surface area contributed by atoms with Crippen molar-refractivity contribution in [3.8, 4) is 0 Å². The molecule has 2 fully saturated rings. The standard InChI is InChI=1S/C17H25FN2/c18-14-4-3-5-15(12-14)20-17(13-19)10-8-16(9-11-17)6-1-2-7-16/h3-5,12,20H,1-2,6-11,13,19H2. The molecule has 0 heterocycles. The Balaban J connectivity index is 1.70. The van der Waals surface area contributed by atoms with Gasteiger partial charge in [-0.1, -0.05) is 18.9 Å². The molecule has 2 nitrogen and oxygen atoms in total. The van der Waals surface area contributed by atoms with E-state index in [2.05, 4.69) is 5.32 Å². The summed E-state index contributed by atoms with van der Waals surface area (Å²) in [6, 6.07) is 6.73. The van der Waals surface area contributed by atoms with Crippen LogP contribution in [0.1, 0.15) is 51.4 Å². The van der Waals surface area contributed by atoms with Gasteiger partial charge in [0.05, 0.1) is 0 Å². The van der Waals surface area contributed by atoms with E-state index in [1.54, 1.807) is 12.1 Å². The molecule has 110 valence electrons. The molecule has 0 bridgehead atoms. The number of nitrogens with two attached hydrogens (primary N) is 1. The number of rotatable bonds is 3. The summed E-state index contributed by atoms with van der Waals surface area (Å²) in [5, 5.41) is 3.53. The van der Waals surface area contributed by atoms with Crippen molar-refractivity contribution in [3.63, 3.8) is 0 Å². The van der Waals surface area contributed by atoms with Crippen molar-refractivity contribution in [2.24, 2.45) is 11.1 Å². The van der Waals surface area contributed by atoms with Gasteiger partial charge in [-0.25, -0.2) is 4.39 Å². The van der Waals surface area contributed by atoms with Gasteiger partial charge in [-0.2, -0.15) is 0 Å². The van der Waals surface area contributed by atoms with Crippen LogP contribution in [-0.2, 0) is 0 Å². The summed E-state index contributed by atoms with van der Waals surface area (Å²) in [5.74, 6) is -0.190. The molecule has 20 heavy (non-hydrogen) atoms. The maximum absolute atomic E-state index is 13.3. The highest BCUT2D eigenvalue weighted by Crippen LogP contribution is 2.51. The van der Waals surface area contributed by atoms with Crippen molar-refractivity contribution in [1.82, 2.24) is 0 Å². The highest BCUT2D eigenvalue weighted by molar-refractivity contribution is 5.46. The van der Waals surface area contributed by atoms with Crippen LogP contribution in [0.4, 0.5) is 10.1 Å². The van der Waals surface area contributed by atoms with E-state index in [0.717, 1.165) is 18.5 Å². The summed E-state index contributed by atoms with van der Waals surface area (Å²) >= 11 is 0. The van der Waals surface area contributed by atoms with Crippen molar-refractivity contribution in [3.05, 3.63) is 30.1 Å². The second-order valence-corrected chi connectivity index (χ2v) is 6.83. The molecule has 2 saturated carbocycles. The molecule has 0 radical (unpaired) electrons. The van der Waals surface area contributed by atoms with Gasteiger partial charge in [0.2, 0.25) is 0 Å². The molecule has 3 heteroatoms. The van der Waals surface area contributed by atoms with Crippen LogP contribution in [0.5, 0.6) is 0 Å². The first kappa shape index (κ1) is 13.9. The highest BCUT2D eigenvalue weighted by Gasteiger charge is 2.43. The maximum Gasteiger partial charge on any atom is 0.125 e. The Hall–Kier alpha value is -1.09. The maximum atomic E-state index is 13.3. The van der Waals surface area contributed by atoms with Crippen LogP contribution in [0.3, 0.4) is 0 Å². The summed E-state index contributed by atoms with van der Waals surface area (Å²) in [7, 11) is 0. The Bertz CT molecular complexity index is 456. The predicted molar refractivity (Wildman–Crippen MR) is 81.2 cm³/mol. The number of hydrogen-bond donors (Lipinski definition) is 2. The quantitative estimate of drug-likeness (QED) is 0.873. The lowest BCUT2D eigenvalue weighted by atomic mass is 9.66. The van der Waals surface area contributed by atoms with Crippen LogP contribution in [0.2, 0.25) is 0 Å². The molecular formula is C17H25FN2. The zero-order valence-electron chi connectivity index (χ0n) is 12.1. The molecule has 2 aliphatic carbocycles. The van der Waals surface area contributed by atoms with Gasteiger partial charge < -0.3 is 11.1 Å². The summed E-state index contributed by atoms with van der Waals surface area (Å²) < 4.78 is 13.3. The summed E-state index contributed by atoms with van der Waals surface area (Å²) in [6.45, 7) is 0.625. The van der Waals surface area contributed by atoms with Crippen LogP contribution in [0, 0.1) is 11.2 Å². The first-order valence-corrected chi connectivity index (χ1v) is 7.89. The fourth-order valence-electron chi connectivity index (χ4n) is 4.14. The first-order chi connectivity index (χ1) is 9.65. The second-order valence-electron chi connectivity index (χ2n) is 6.83. The second kappa shape index (κ2) is 5.36. The zero-order valence-corrected chi connectivity index (χ0v) is 12.1. The van der Waals surface area contributed by atoms with Crippen LogP contribution in [0.15, 0.2) is 24.3 Å². The van der Waals surface area contributed by atoms with Crippen LogP contribution < -0.4 is 11.1 Å². The van der Waals surface area contributed by atoms with Gasteiger partial charge in [-0.05, 0) is 62.1 Å². The van der Waals surface area contributed by atoms with E-state index in [1.807, 2.05) is 6.07 Å². The Kier molecular flexibility index (Phi) is 3.72. The Morgan fingerprint density at radius 3 is 2.35 bits per heavy atom. The van der Waals surface area contributed by atoms with Gasteiger partial charge in [0.1, 0.15) is 5.82 Å². The van der Waals surface area contributed by atoms with Crippen molar-refractivity contribution >= 4 is 5.69 Å². The van der Waals surface area contributed by atoms with E-state index in [4.69, 9.17) is 5.73 Å². The number of benzene rings is 1. The first-order valence-electron chi connectivity index (χ1n) is 7.89. The van der Waals surface area contributed by atoms with Gasteiger partial charge in [0.15, 0.2) is 0 Å². The summed E-state index contributed by atoms with van der Waals surface area (Å²) in [4.78, 5) is 0. The normalized spacial score (nSPS) is 23.9. The number of nitrogens with one attached hydrogen (secondary N) is 1. The Labute approximate surface area is 120 Å². The molecule has 0 atom stereocenters. The molecule has 0 amide bonds. The molecule has 0 aromatic heterocycles. The fraction of sp³-hybridized carbons (Fsp3) is 0.647. The summed E-state index contributed by atoms with van der Waals surface area (Å²) in [6.07, 6.45) is 10.3. The minimum Gasteiger partial charge on any atom is -0.378 e. The van der Waals surface area contributed by atoms with E-state index in [0.29, 0.717) is 12.0 Å². The molecule has 3 rings (SSSR count). The van der Waals surface area contributed by atoms with E-state index in [-0.39, 0.29) is 11.4 Å². The van der Waals surface area contributed by atoms with Crippen molar-refractivity contribution in [2.45, 2.75) is 56.9 Å². The van der Waals surface area contributed by atoms with Gasteiger partial charge in [-0.15, -0.1) is 0 Å². The monoisotopic (exact) mass is 276 g/mol. The SMILES string of the molecule is NCC1(Nc2cccc(F)c2)CCC2(CCCC2)CC1. The van der Waals surface area contributed by atoms with Crippen molar-refractivity contribution < 1.29 is 4.39 Å². The number of anilines is 1. The van der Waals surface area contributed by atoms with E-state index >= 15 is 0 Å². The van der Waals surface area contributed by atoms with E-state index in [9.17, 15) is 4.39 Å². The molecule has 1 aromatic carbocycles. The third kappa shape index (κ3) is 2.69. The lowest BCUT2D eigenvalue weighted by Crippen LogP contribution is -2.50. The van der Waals surface area contributed by atoms with Gasteiger partial charge in [-0.3, -0.25) is 0 Å². The molecule has 1 spiro atoms. The van der Waals surface area contributed by atoms with Crippen molar-refractivity contribution in [2.75, 3.05) is 11.9 Å². The lowest BCUT2D eigenvalue weighted by molar-refractivity contribution is 0.148. The van der Waals surface area contributed by atoms with Crippen molar-refractivity contribution in [1.29, 1.82) is 0 Å². The summed E-state index contributed by atoms with van der Waals surface area (Å²) in [5.41, 5.74) is 7.47. The Morgan fingerprint density at radius 1 is 1.05 bits per heavy atom. The lowest BCUT2D eigenvalue weighted by Gasteiger charge is -2.45. The molecule has 0 unspecified atom stereocenters. The predicted octanol–water partition coefficient (Wildman–Crippen LogP) is 4.07. The van der Waals surface area contributed by atoms with E-state index in [1.165, 1.54) is 44.6 Å². The fourth-order valence-corrected chi connectivity index (χ4v) is 4.14. The van der Waals surface area contributed by atoms with Crippen LogP contribution in [0.25, 0.3) is 0 Å². The molecule has 1 aromatic rings. The van der Waals surface area contributed by atoms with Crippen LogP contribution in [-0.4, -0.2) is 12.1 Å². The van der Waals surface area contributed by atoms with Crippen LogP contribution >= 0.6 is 0 Å². The molecule has 0 saturated heterocycles.